The summed E-state index contributed by atoms with van der Waals surface area (Å²) in [6, 6.07) is 2.57. The van der Waals surface area contributed by atoms with Gasteiger partial charge in [-0.1, -0.05) is 6.07 Å². The van der Waals surface area contributed by atoms with Crippen molar-refractivity contribution in [2.24, 2.45) is 0 Å². The lowest BCUT2D eigenvalue weighted by atomic mass is 10.3. The van der Waals surface area contributed by atoms with E-state index in [9.17, 15) is 30.4 Å². The Labute approximate surface area is 118 Å². The lowest BCUT2D eigenvalue weighted by Crippen LogP contribution is -2.27. The molecule has 0 saturated carbocycles. The van der Waals surface area contributed by atoms with Crippen molar-refractivity contribution in [1.82, 2.24) is 4.72 Å². The van der Waals surface area contributed by atoms with Gasteiger partial charge < -0.3 is 4.74 Å². The van der Waals surface area contributed by atoms with Crippen molar-refractivity contribution in [1.29, 1.82) is 0 Å². The third kappa shape index (κ3) is 5.94. The van der Waals surface area contributed by atoms with Gasteiger partial charge in [0.25, 0.3) is 0 Å². The van der Waals surface area contributed by atoms with Gasteiger partial charge in [-0.05, 0) is 18.6 Å². The molecule has 0 aromatic heterocycles. The molecule has 1 aromatic rings. The van der Waals surface area contributed by atoms with Crippen LogP contribution < -0.4 is 4.72 Å². The Bertz CT molecular complexity index is 553. The Balaban J connectivity index is 2.48. The predicted molar refractivity (Wildman–Crippen MR) is 63.0 cm³/mol. The van der Waals surface area contributed by atoms with Gasteiger partial charge in [0.05, 0.1) is 0 Å². The van der Waals surface area contributed by atoms with Gasteiger partial charge in [0.1, 0.15) is 18.2 Å². The minimum absolute atomic E-state index is 0.0780. The molecular weight excluding hydrogens is 321 g/mol. The zero-order chi connectivity index (χ0) is 16.1. The Morgan fingerprint density at radius 2 is 1.71 bits per heavy atom. The Kier molecular flexibility index (Phi) is 6.05. The Morgan fingerprint density at radius 3 is 2.24 bits per heavy atom. The number of halogens is 5. The van der Waals surface area contributed by atoms with Crippen molar-refractivity contribution in [3.05, 3.63) is 29.8 Å². The maximum absolute atomic E-state index is 13.3. The van der Waals surface area contributed by atoms with Crippen LogP contribution in [0.15, 0.2) is 23.1 Å². The molecule has 0 aliphatic rings. The summed E-state index contributed by atoms with van der Waals surface area (Å²) in [6.45, 7) is -2.10. The molecular formula is C11H12F5NO3S. The van der Waals surface area contributed by atoms with E-state index >= 15 is 0 Å². The standard InChI is InChI=1S/C11H12F5NO3S/c12-8-3-1-4-9(13)10(8)21(18,19)17-5-2-6-20-7-11(14,15)16/h1,3-4,17H,2,5-7H2. The highest BCUT2D eigenvalue weighted by Crippen LogP contribution is 2.18. The number of rotatable bonds is 7. The maximum atomic E-state index is 13.3. The topological polar surface area (TPSA) is 55.4 Å². The van der Waals surface area contributed by atoms with Gasteiger partial charge in [0, 0.05) is 13.2 Å². The first-order valence-corrected chi connectivity index (χ1v) is 7.20. The summed E-state index contributed by atoms with van der Waals surface area (Å²) in [6.07, 6.45) is -4.54. The fourth-order valence-corrected chi connectivity index (χ4v) is 2.59. The molecule has 0 atom stereocenters. The van der Waals surface area contributed by atoms with Gasteiger partial charge in [-0.2, -0.15) is 13.2 Å². The highest BCUT2D eigenvalue weighted by molar-refractivity contribution is 7.89. The van der Waals surface area contributed by atoms with Crippen molar-refractivity contribution in [2.45, 2.75) is 17.5 Å². The fraction of sp³-hybridized carbons (Fsp3) is 0.455. The van der Waals surface area contributed by atoms with Crippen molar-refractivity contribution in [2.75, 3.05) is 19.8 Å². The summed E-state index contributed by atoms with van der Waals surface area (Å²) >= 11 is 0. The average molecular weight is 333 g/mol. The second kappa shape index (κ2) is 7.14. The molecule has 0 amide bonds. The van der Waals surface area contributed by atoms with Gasteiger partial charge in [-0.15, -0.1) is 0 Å². The normalized spacial score (nSPS) is 12.6. The molecule has 10 heteroatoms. The van der Waals surface area contributed by atoms with Crippen LogP contribution in [0, 0.1) is 11.6 Å². The first-order valence-electron chi connectivity index (χ1n) is 5.71. The monoisotopic (exact) mass is 333 g/mol. The molecule has 0 unspecified atom stereocenters. The van der Waals surface area contributed by atoms with Crippen LogP contribution in [0.5, 0.6) is 0 Å². The van der Waals surface area contributed by atoms with E-state index < -0.39 is 39.3 Å². The van der Waals surface area contributed by atoms with Crippen LogP contribution in [0.1, 0.15) is 6.42 Å². The van der Waals surface area contributed by atoms with E-state index in [1.807, 2.05) is 4.72 Å². The molecule has 4 nitrogen and oxygen atoms in total. The quantitative estimate of drug-likeness (QED) is 0.615. The van der Waals surface area contributed by atoms with Gasteiger partial charge in [0.2, 0.25) is 10.0 Å². The fourth-order valence-electron chi connectivity index (χ4n) is 1.38. The van der Waals surface area contributed by atoms with Crippen LogP contribution >= 0.6 is 0 Å². The maximum Gasteiger partial charge on any atom is 0.411 e. The van der Waals surface area contributed by atoms with Crippen molar-refractivity contribution >= 4 is 10.0 Å². The third-order valence-electron chi connectivity index (χ3n) is 2.21. The predicted octanol–water partition coefficient (Wildman–Crippen LogP) is 2.21. The molecule has 0 fully saturated rings. The molecule has 21 heavy (non-hydrogen) atoms. The van der Waals surface area contributed by atoms with Gasteiger partial charge in [-0.3, -0.25) is 0 Å². The van der Waals surface area contributed by atoms with Crippen LogP contribution in [0.3, 0.4) is 0 Å². The van der Waals surface area contributed by atoms with Crippen LogP contribution in [0.4, 0.5) is 22.0 Å². The molecule has 0 aliphatic carbocycles. The highest BCUT2D eigenvalue weighted by atomic mass is 32.2. The lowest BCUT2D eigenvalue weighted by molar-refractivity contribution is -0.173. The van der Waals surface area contributed by atoms with E-state index in [4.69, 9.17) is 0 Å². The second-order valence-corrected chi connectivity index (χ2v) is 5.67. The molecule has 0 saturated heterocycles. The molecule has 0 heterocycles. The third-order valence-corrected chi connectivity index (χ3v) is 3.72. The van der Waals surface area contributed by atoms with E-state index in [1.165, 1.54) is 0 Å². The van der Waals surface area contributed by atoms with Crippen LogP contribution in [-0.4, -0.2) is 34.4 Å². The molecule has 0 spiro atoms. The van der Waals surface area contributed by atoms with Crippen LogP contribution in [0.2, 0.25) is 0 Å². The van der Waals surface area contributed by atoms with Gasteiger partial charge in [0.15, 0.2) is 4.90 Å². The molecule has 120 valence electrons. The number of ether oxygens (including phenoxy) is 1. The largest absolute Gasteiger partial charge is 0.411 e. The minimum Gasteiger partial charge on any atom is -0.372 e. The molecule has 0 bridgehead atoms. The highest BCUT2D eigenvalue weighted by Gasteiger charge is 2.27. The molecule has 0 aliphatic heterocycles. The Hall–Kier alpha value is -1.26. The van der Waals surface area contributed by atoms with Crippen LogP contribution in [0.25, 0.3) is 0 Å². The zero-order valence-electron chi connectivity index (χ0n) is 10.6. The SMILES string of the molecule is O=S(=O)(NCCCOCC(F)(F)F)c1c(F)cccc1F. The summed E-state index contributed by atoms with van der Waals surface area (Å²) in [5.74, 6) is -2.51. The molecule has 1 aromatic carbocycles. The van der Waals surface area contributed by atoms with Crippen molar-refractivity contribution in [3.63, 3.8) is 0 Å². The average Bonchev–Trinajstić information content (AvgIpc) is 2.31. The van der Waals surface area contributed by atoms with E-state index in [2.05, 4.69) is 4.74 Å². The van der Waals surface area contributed by atoms with Gasteiger partial charge >= 0.3 is 6.18 Å². The summed E-state index contributed by atoms with van der Waals surface area (Å²) in [5.41, 5.74) is 0. The Morgan fingerprint density at radius 1 is 1.14 bits per heavy atom. The van der Waals surface area contributed by atoms with Crippen molar-refractivity contribution in [3.8, 4) is 0 Å². The smallest absolute Gasteiger partial charge is 0.372 e. The number of benzene rings is 1. The first-order chi connectivity index (χ1) is 9.63. The number of sulfonamides is 1. The number of nitrogens with one attached hydrogen (secondary N) is 1. The summed E-state index contributed by atoms with van der Waals surface area (Å²) in [5, 5.41) is 0. The van der Waals surface area contributed by atoms with Gasteiger partial charge in [-0.25, -0.2) is 21.9 Å². The first kappa shape index (κ1) is 17.8. The molecule has 1 rings (SSSR count). The number of hydrogen-bond donors (Lipinski definition) is 1. The number of alkyl halides is 3. The zero-order valence-corrected chi connectivity index (χ0v) is 11.4. The van der Waals surface area contributed by atoms with E-state index in [1.54, 1.807) is 0 Å². The summed E-state index contributed by atoms with van der Waals surface area (Å²) in [7, 11) is -4.41. The minimum atomic E-state index is -4.46. The van der Waals surface area contributed by atoms with Crippen LogP contribution in [-0.2, 0) is 14.8 Å². The van der Waals surface area contributed by atoms with E-state index in [-0.39, 0.29) is 19.6 Å². The lowest BCUT2D eigenvalue weighted by Gasteiger charge is -2.09. The molecule has 1 N–H and O–H groups in total. The van der Waals surface area contributed by atoms with E-state index in [0.29, 0.717) is 0 Å². The summed E-state index contributed by atoms with van der Waals surface area (Å²) < 4.78 is 91.3. The van der Waals surface area contributed by atoms with Crippen molar-refractivity contribution < 1.29 is 35.1 Å². The summed E-state index contributed by atoms with van der Waals surface area (Å²) in [4.78, 5) is -1.12. The second-order valence-electron chi connectivity index (χ2n) is 3.97. The number of hydrogen-bond acceptors (Lipinski definition) is 3. The molecule has 0 radical (unpaired) electrons. The van der Waals surface area contributed by atoms with E-state index in [0.717, 1.165) is 18.2 Å².